The number of anilines is 1. The third-order valence-electron chi connectivity index (χ3n) is 1.49. The van der Waals surface area contributed by atoms with Crippen LogP contribution in [0.3, 0.4) is 0 Å². The van der Waals surface area contributed by atoms with Crippen LogP contribution >= 0.6 is 0 Å². The van der Waals surface area contributed by atoms with Gasteiger partial charge in [-0.25, -0.2) is 0 Å². The number of aliphatic hydroxyl groups is 1. The summed E-state index contributed by atoms with van der Waals surface area (Å²) in [5, 5.41) is 8.79. The fraction of sp³-hybridized carbons (Fsp3) is 0.250. The van der Waals surface area contributed by atoms with Gasteiger partial charge in [0.15, 0.2) is 0 Å². The molecule has 1 aromatic carbocycles. The van der Waals surface area contributed by atoms with Gasteiger partial charge in [-0.15, -0.1) is 0 Å². The molecule has 60 valence electrons. The monoisotopic (exact) mass is 152 g/mol. The molecular weight excluding hydrogens is 140 g/mol. The lowest BCUT2D eigenvalue weighted by Crippen LogP contribution is -1.99. The van der Waals surface area contributed by atoms with Gasteiger partial charge in [-0.1, -0.05) is 6.07 Å². The van der Waals surface area contributed by atoms with Gasteiger partial charge in [0.05, 0.1) is 6.61 Å². The molecule has 0 unspecified atom stereocenters. The molecule has 11 heavy (non-hydrogen) atoms. The second-order valence-corrected chi connectivity index (χ2v) is 2.45. The van der Waals surface area contributed by atoms with Crippen LogP contribution in [-0.2, 0) is 13.2 Å². The van der Waals surface area contributed by atoms with Crippen LogP contribution in [-0.4, -0.2) is 5.11 Å². The maximum absolute atomic E-state index is 8.79. The number of benzene rings is 1. The first-order valence-corrected chi connectivity index (χ1v) is 3.45. The molecule has 0 bridgehead atoms. The zero-order valence-electron chi connectivity index (χ0n) is 6.25. The van der Waals surface area contributed by atoms with Crippen molar-refractivity contribution in [1.29, 1.82) is 0 Å². The van der Waals surface area contributed by atoms with E-state index in [-0.39, 0.29) is 6.61 Å². The highest BCUT2D eigenvalue weighted by Crippen LogP contribution is 2.11. The molecule has 1 aromatic rings. The summed E-state index contributed by atoms with van der Waals surface area (Å²) in [4.78, 5) is 0. The third kappa shape index (κ3) is 1.93. The summed E-state index contributed by atoms with van der Waals surface area (Å²) >= 11 is 0. The zero-order chi connectivity index (χ0) is 8.27. The molecule has 0 spiro atoms. The Balaban J connectivity index is 3.02. The second kappa shape index (κ2) is 3.37. The molecule has 0 aliphatic rings. The van der Waals surface area contributed by atoms with Crippen molar-refractivity contribution in [3.05, 3.63) is 29.3 Å². The van der Waals surface area contributed by atoms with Gasteiger partial charge in [-0.3, -0.25) is 0 Å². The van der Waals surface area contributed by atoms with E-state index in [0.29, 0.717) is 12.2 Å². The molecule has 5 N–H and O–H groups in total. The maximum Gasteiger partial charge on any atom is 0.0682 e. The van der Waals surface area contributed by atoms with Crippen LogP contribution < -0.4 is 11.5 Å². The first kappa shape index (κ1) is 8.04. The van der Waals surface area contributed by atoms with Crippen molar-refractivity contribution >= 4 is 5.69 Å². The Kier molecular flexibility index (Phi) is 2.46. The molecule has 0 aromatic heterocycles. The van der Waals surface area contributed by atoms with E-state index >= 15 is 0 Å². The fourth-order valence-electron chi connectivity index (χ4n) is 1.00. The lowest BCUT2D eigenvalue weighted by Gasteiger charge is -2.02. The van der Waals surface area contributed by atoms with Crippen molar-refractivity contribution in [2.75, 3.05) is 5.73 Å². The number of rotatable bonds is 2. The van der Waals surface area contributed by atoms with Crippen LogP contribution in [0, 0.1) is 0 Å². The summed E-state index contributed by atoms with van der Waals surface area (Å²) in [6.45, 7) is 0.468. The van der Waals surface area contributed by atoms with Gasteiger partial charge in [0.2, 0.25) is 0 Å². The molecule has 0 aliphatic carbocycles. The van der Waals surface area contributed by atoms with E-state index in [2.05, 4.69) is 0 Å². The average Bonchev–Trinajstić information content (AvgIpc) is 2.03. The summed E-state index contributed by atoms with van der Waals surface area (Å²) in [6, 6.07) is 5.38. The van der Waals surface area contributed by atoms with Crippen LogP contribution in [0.25, 0.3) is 0 Å². The van der Waals surface area contributed by atoms with Crippen LogP contribution in [0.4, 0.5) is 5.69 Å². The van der Waals surface area contributed by atoms with E-state index in [1.165, 1.54) is 0 Å². The largest absolute Gasteiger partial charge is 0.399 e. The highest BCUT2D eigenvalue weighted by atomic mass is 16.3. The van der Waals surface area contributed by atoms with Gasteiger partial charge in [0.25, 0.3) is 0 Å². The normalized spacial score (nSPS) is 10.0. The SMILES string of the molecule is NCc1cc(N)cc(CO)c1. The van der Waals surface area contributed by atoms with Gasteiger partial charge >= 0.3 is 0 Å². The Morgan fingerprint density at radius 3 is 2.36 bits per heavy atom. The van der Waals surface area contributed by atoms with E-state index in [1.807, 2.05) is 6.07 Å². The van der Waals surface area contributed by atoms with Crippen LogP contribution in [0.2, 0.25) is 0 Å². The number of nitrogen functional groups attached to an aromatic ring is 1. The molecule has 0 aliphatic heterocycles. The van der Waals surface area contributed by atoms with E-state index in [0.717, 1.165) is 11.1 Å². The van der Waals surface area contributed by atoms with Crippen molar-refractivity contribution < 1.29 is 5.11 Å². The van der Waals surface area contributed by atoms with Crippen LogP contribution in [0.15, 0.2) is 18.2 Å². The topological polar surface area (TPSA) is 72.3 Å². The molecule has 3 nitrogen and oxygen atoms in total. The van der Waals surface area contributed by atoms with E-state index in [9.17, 15) is 0 Å². The average molecular weight is 152 g/mol. The number of hydrogen-bond donors (Lipinski definition) is 3. The predicted molar refractivity (Wildman–Crippen MR) is 44.7 cm³/mol. The smallest absolute Gasteiger partial charge is 0.0682 e. The van der Waals surface area contributed by atoms with Crippen molar-refractivity contribution in [2.24, 2.45) is 5.73 Å². The third-order valence-corrected chi connectivity index (χ3v) is 1.49. The molecule has 0 fully saturated rings. The molecular formula is C8H12N2O. The first-order chi connectivity index (χ1) is 5.26. The van der Waals surface area contributed by atoms with Gasteiger partial charge in [0, 0.05) is 12.2 Å². The lowest BCUT2D eigenvalue weighted by molar-refractivity contribution is 0.282. The minimum Gasteiger partial charge on any atom is -0.399 e. The standard InChI is InChI=1S/C8H12N2O/c9-4-6-1-7(5-11)3-8(10)2-6/h1-3,11H,4-5,9-10H2. The Labute approximate surface area is 65.6 Å². The van der Waals surface area contributed by atoms with E-state index < -0.39 is 0 Å². The Morgan fingerprint density at radius 1 is 1.18 bits per heavy atom. The second-order valence-electron chi connectivity index (χ2n) is 2.45. The number of aliphatic hydroxyl groups excluding tert-OH is 1. The molecule has 0 saturated heterocycles. The van der Waals surface area contributed by atoms with E-state index in [4.69, 9.17) is 16.6 Å². The zero-order valence-corrected chi connectivity index (χ0v) is 6.25. The Bertz CT molecular complexity index is 226. The number of hydrogen-bond acceptors (Lipinski definition) is 3. The van der Waals surface area contributed by atoms with Crippen molar-refractivity contribution in [2.45, 2.75) is 13.2 Å². The van der Waals surface area contributed by atoms with Gasteiger partial charge in [-0.2, -0.15) is 0 Å². The highest BCUT2D eigenvalue weighted by molar-refractivity contribution is 5.44. The lowest BCUT2D eigenvalue weighted by atomic mass is 10.1. The summed E-state index contributed by atoms with van der Waals surface area (Å²) in [5.74, 6) is 0. The van der Waals surface area contributed by atoms with Crippen molar-refractivity contribution in [3.63, 3.8) is 0 Å². The Hall–Kier alpha value is -1.06. The summed E-state index contributed by atoms with van der Waals surface area (Å²) in [7, 11) is 0. The summed E-state index contributed by atoms with van der Waals surface area (Å²) < 4.78 is 0. The fourth-order valence-corrected chi connectivity index (χ4v) is 1.00. The quantitative estimate of drug-likeness (QED) is 0.531. The van der Waals surface area contributed by atoms with Gasteiger partial charge < -0.3 is 16.6 Å². The molecule has 0 saturated carbocycles. The van der Waals surface area contributed by atoms with Gasteiger partial charge in [0.1, 0.15) is 0 Å². The predicted octanol–water partition coefficient (Wildman–Crippen LogP) is 0.220. The summed E-state index contributed by atoms with van der Waals surface area (Å²) in [6.07, 6.45) is 0. The molecule has 0 amide bonds. The maximum atomic E-state index is 8.79. The molecule has 1 rings (SSSR count). The van der Waals surface area contributed by atoms with Crippen LogP contribution in [0.1, 0.15) is 11.1 Å². The van der Waals surface area contributed by atoms with Crippen molar-refractivity contribution in [3.8, 4) is 0 Å². The van der Waals surface area contributed by atoms with Crippen LogP contribution in [0.5, 0.6) is 0 Å². The van der Waals surface area contributed by atoms with E-state index in [1.54, 1.807) is 12.1 Å². The minimum absolute atomic E-state index is 0.0119. The summed E-state index contributed by atoms with van der Waals surface area (Å²) in [5.41, 5.74) is 13.4. The Morgan fingerprint density at radius 2 is 1.82 bits per heavy atom. The van der Waals surface area contributed by atoms with Gasteiger partial charge in [-0.05, 0) is 23.3 Å². The van der Waals surface area contributed by atoms with Crippen molar-refractivity contribution in [1.82, 2.24) is 0 Å². The first-order valence-electron chi connectivity index (χ1n) is 3.45. The molecule has 0 heterocycles. The highest BCUT2D eigenvalue weighted by Gasteiger charge is 1.95. The molecule has 3 heteroatoms. The molecule has 0 atom stereocenters. The molecule has 0 radical (unpaired) electrons. The number of nitrogens with two attached hydrogens (primary N) is 2. The minimum atomic E-state index is 0.0119.